The number of anilines is 1. The van der Waals surface area contributed by atoms with Gasteiger partial charge in [-0.25, -0.2) is 0 Å². The van der Waals surface area contributed by atoms with E-state index in [1.807, 2.05) is 61.5 Å². The van der Waals surface area contributed by atoms with Gasteiger partial charge in [0.25, 0.3) is 5.91 Å². The van der Waals surface area contributed by atoms with Crippen LogP contribution in [-0.2, 0) is 0 Å². The van der Waals surface area contributed by atoms with Gasteiger partial charge in [-0.15, -0.1) is 0 Å². The fourth-order valence-electron chi connectivity index (χ4n) is 2.89. The predicted molar refractivity (Wildman–Crippen MR) is 109 cm³/mol. The van der Waals surface area contributed by atoms with Crippen molar-refractivity contribution in [2.45, 2.75) is 6.92 Å². The van der Waals surface area contributed by atoms with Gasteiger partial charge in [0.1, 0.15) is 0 Å². The van der Waals surface area contributed by atoms with E-state index in [9.17, 15) is 4.79 Å². The Kier molecular flexibility index (Phi) is 5.77. The molecule has 0 fully saturated rings. The van der Waals surface area contributed by atoms with E-state index in [4.69, 9.17) is 9.47 Å². The quantitative estimate of drug-likeness (QED) is 0.617. The molecule has 3 aromatic carbocycles. The van der Waals surface area contributed by atoms with Crippen molar-refractivity contribution < 1.29 is 14.3 Å². The minimum Gasteiger partial charge on any atom is -0.493 e. The van der Waals surface area contributed by atoms with Crippen molar-refractivity contribution in [2.75, 3.05) is 25.7 Å². The molecule has 0 aliphatic heterocycles. The Morgan fingerprint density at radius 2 is 1.56 bits per heavy atom. The number of benzene rings is 3. The van der Waals surface area contributed by atoms with Crippen molar-refractivity contribution in [3.8, 4) is 22.6 Å². The van der Waals surface area contributed by atoms with Crippen LogP contribution in [0.1, 0.15) is 17.3 Å². The zero-order valence-corrected chi connectivity index (χ0v) is 15.8. The highest BCUT2D eigenvalue weighted by Gasteiger charge is 2.16. The van der Waals surface area contributed by atoms with E-state index < -0.39 is 0 Å². The van der Waals surface area contributed by atoms with E-state index in [1.54, 1.807) is 25.1 Å². The molecule has 27 heavy (non-hydrogen) atoms. The Hall–Kier alpha value is -3.27. The lowest BCUT2D eigenvalue weighted by Gasteiger charge is -2.19. The summed E-state index contributed by atoms with van der Waals surface area (Å²) in [6.45, 7) is 2.47. The minimum atomic E-state index is -0.0826. The van der Waals surface area contributed by atoms with Crippen LogP contribution in [0, 0.1) is 0 Å². The molecule has 3 rings (SSSR count). The normalized spacial score (nSPS) is 10.3. The van der Waals surface area contributed by atoms with Crippen LogP contribution in [0.2, 0.25) is 0 Å². The first kappa shape index (κ1) is 18.5. The number of ether oxygens (including phenoxy) is 2. The molecule has 0 atom stereocenters. The van der Waals surface area contributed by atoms with Gasteiger partial charge in [-0.2, -0.15) is 0 Å². The first-order valence-electron chi connectivity index (χ1n) is 8.88. The summed E-state index contributed by atoms with van der Waals surface area (Å²) in [5.74, 6) is 1.19. The monoisotopic (exact) mass is 361 g/mol. The van der Waals surface area contributed by atoms with Gasteiger partial charge in [-0.1, -0.05) is 42.5 Å². The van der Waals surface area contributed by atoms with E-state index >= 15 is 0 Å². The molecule has 0 radical (unpaired) electrons. The van der Waals surface area contributed by atoms with E-state index in [2.05, 4.69) is 12.1 Å². The molecule has 138 valence electrons. The Morgan fingerprint density at radius 1 is 0.889 bits per heavy atom. The highest BCUT2D eigenvalue weighted by Crippen LogP contribution is 2.32. The van der Waals surface area contributed by atoms with Gasteiger partial charge >= 0.3 is 0 Å². The van der Waals surface area contributed by atoms with Crippen LogP contribution < -0.4 is 14.4 Å². The molecule has 0 unspecified atom stereocenters. The van der Waals surface area contributed by atoms with E-state index in [1.165, 1.54) is 0 Å². The smallest absolute Gasteiger partial charge is 0.258 e. The first-order chi connectivity index (χ1) is 13.1. The molecule has 3 aromatic rings. The molecule has 0 saturated heterocycles. The Labute approximate surface area is 160 Å². The molecule has 0 spiro atoms. The highest BCUT2D eigenvalue weighted by atomic mass is 16.5. The number of hydrogen-bond acceptors (Lipinski definition) is 3. The summed E-state index contributed by atoms with van der Waals surface area (Å²) >= 11 is 0. The number of carbonyl (C=O) groups excluding carboxylic acids is 1. The number of carbonyl (C=O) groups is 1. The van der Waals surface area contributed by atoms with Crippen LogP contribution >= 0.6 is 0 Å². The van der Waals surface area contributed by atoms with Crippen molar-refractivity contribution >= 4 is 11.6 Å². The van der Waals surface area contributed by atoms with Crippen LogP contribution in [0.15, 0.2) is 72.8 Å². The maximum absolute atomic E-state index is 12.9. The van der Waals surface area contributed by atoms with Gasteiger partial charge in [0.05, 0.1) is 13.7 Å². The Balaban J connectivity index is 1.81. The summed E-state index contributed by atoms with van der Waals surface area (Å²) in [7, 11) is 3.34. The topological polar surface area (TPSA) is 38.8 Å². The highest BCUT2D eigenvalue weighted by molar-refractivity contribution is 6.06. The number of amides is 1. The van der Waals surface area contributed by atoms with Gasteiger partial charge in [0.2, 0.25) is 0 Å². The Morgan fingerprint density at radius 3 is 2.19 bits per heavy atom. The summed E-state index contributed by atoms with van der Waals surface area (Å²) in [4.78, 5) is 14.5. The molecule has 1 amide bonds. The second kappa shape index (κ2) is 8.41. The molecule has 0 aliphatic carbocycles. The summed E-state index contributed by atoms with van der Waals surface area (Å²) in [5.41, 5.74) is 3.58. The molecule has 0 N–H and O–H groups in total. The first-order valence-corrected chi connectivity index (χ1v) is 8.88. The van der Waals surface area contributed by atoms with Crippen LogP contribution in [-0.4, -0.2) is 26.7 Å². The zero-order chi connectivity index (χ0) is 19.2. The van der Waals surface area contributed by atoms with Gasteiger partial charge < -0.3 is 14.4 Å². The second-order valence-corrected chi connectivity index (χ2v) is 6.08. The lowest BCUT2D eigenvalue weighted by Crippen LogP contribution is -2.26. The third-order valence-electron chi connectivity index (χ3n) is 4.38. The van der Waals surface area contributed by atoms with Gasteiger partial charge in [0.15, 0.2) is 11.5 Å². The lowest BCUT2D eigenvalue weighted by molar-refractivity contribution is 0.0993. The minimum absolute atomic E-state index is 0.0826. The fraction of sp³-hybridized carbons (Fsp3) is 0.174. The van der Waals surface area contributed by atoms with Crippen molar-refractivity contribution in [1.82, 2.24) is 0 Å². The largest absolute Gasteiger partial charge is 0.493 e. The molecule has 4 heteroatoms. The van der Waals surface area contributed by atoms with Crippen LogP contribution in [0.3, 0.4) is 0 Å². The number of hydrogen-bond donors (Lipinski definition) is 0. The molecule has 4 nitrogen and oxygen atoms in total. The molecule has 0 bridgehead atoms. The van der Waals surface area contributed by atoms with Gasteiger partial charge in [-0.05, 0) is 42.3 Å². The van der Waals surface area contributed by atoms with E-state index in [-0.39, 0.29) is 5.91 Å². The Bertz CT molecular complexity index is 905. The average Bonchev–Trinajstić information content (AvgIpc) is 2.74. The number of methoxy groups -OCH3 is 1. The van der Waals surface area contributed by atoms with Gasteiger partial charge in [-0.3, -0.25) is 4.79 Å². The van der Waals surface area contributed by atoms with Crippen molar-refractivity contribution in [3.05, 3.63) is 78.4 Å². The zero-order valence-electron chi connectivity index (χ0n) is 15.8. The summed E-state index contributed by atoms with van der Waals surface area (Å²) in [5, 5.41) is 0. The SMILES string of the molecule is CCOc1ccc(N(C)C(=O)c2ccc(-c3ccccc3)cc2)cc1OC. The van der Waals surface area contributed by atoms with Gasteiger partial charge in [0, 0.05) is 24.4 Å². The number of nitrogens with zero attached hydrogens (tertiary/aromatic N) is 1. The molecule has 0 heterocycles. The fourth-order valence-corrected chi connectivity index (χ4v) is 2.89. The molecule has 0 aliphatic rings. The molecule has 0 saturated carbocycles. The third kappa shape index (κ3) is 4.11. The van der Waals surface area contributed by atoms with Crippen molar-refractivity contribution in [2.24, 2.45) is 0 Å². The van der Waals surface area contributed by atoms with Crippen LogP contribution in [0.4, 0.5) is 5.69 Å². The molecule has 0 aromatic heterocycles. The van der Waals surface area contributed by atoms with Crippen LogP contribution in [0.5, 0.6) is 11.5 Å². The van der Waals surface area contributed by atoms with Crippen molar-refractivity contribution in [3.63, 3.8) is 0 Å². The summed E-state index contributed by atoms with van der Waals surface area (Å²) in [6, 6.07) is 23.2. The molecular weight excluding hydrogens is 338 g/mol. The van der Waals surface area contributed by atoms with Crippen LogP contribution in [0.25, 0.3) is 11.1 Å². The average molecular weight is 361 g/mol. The van der Waals surface area contributed by atoms with E-state index in [0.717, 1.165) is 16.8 Å². The lowest BCUT2D eigenvalue weighted by atomic mass is 10.0. The maximum atomic E-state index is 12.9. The number of rotatable bonds is 6. The standard InChI is InChI=1S/C23H23NO3/c1-4-27-21-15-14-20(16-22(21)26-3)24(2)23(25)19-12-10-18(11-13-19)17-8-6-5-7-9-17/h5-16H,4H2,1-3H3. The predicted octanol–water partition coefficient (Wildman–Crippen LogP) is 5.04. The second-order valence-electron chi connectivity index (χ2n) is 6.08. The summed E-state index contributed by atoms with van der Waals surface area (Å²) < 4.78 is 10.9. The van der Waals surface area contributed by atoms with E-state index in [0.29, 0.717) is 23.7 Å². The molecular formula is C23H23NO3. The maximum Gasteiger partial charge on any atom is 0.258 e. The third-order valence-corrected chi connectivity index (χ3v) is 4.38. The summed E-state index contributed by atoms with van der Waals surface area (Å²) in [6.07, 6.45) is 0. The van der Waals surface area contributed by atoms with Crippen molar-refractivity contribution in [1.29, 1.82) is 0 Å².